The Hall–Kier alpha value is -1.10. The van der Waals surface area contributed by atoms with Gasteiger partial charge in [-0.25, -0.2) is 0 Å². The van der Waals surface area contributed by atoms with Crippen LogP contribution in [0.25, 0.3) is 0 Å². The van der Waals surface area contributed by atoms with E-state index in [4.69, 9.17) is 5.11 Å². The quantitative estimate of drug-likeness (QED) is 0.684. The van der Waals surface area contributed by atoms with E-state index in [1.165, 1.54) is 0 Å². The van der Waals surface area contributed by atoms with Crippen molar-refractivity contribution in [1.29, 1.82) is 0 Å². The summed E-state index contributed by atoms with van der Waals surface area (Å²) in [5.74, 6) is -0.749. The van der Waals surface area contributed by atoms with E-state index < -0.39 is 5.97 Å². The fraction of sp³-hybridized carbons (Fsp3) is 0.857. The predicted molar refractivity (Wildman–Crippen MR) is 73.9 cm³/mol. The SMILES string of the molecule is CC(CCCC(=O)O)NC(=O)C1NCCCC1(C)C. The Bertz CT molecular complexity index is 329. The molecule has 0 aromatic rings. The normalized spacial score (nSPS) is 23.6. The van der Waals surface area contributed by atoms with Crippen molar-refractivity contribution in [3.63, 3.8) is 0 Å². The number of carbonyl (C=O) groups excluding carboxylic acids is 1. The monoisotopic (exact) mass is 270 g/mol. The standard InChI is InChI=1S/C14H26N2O3/c1-10(6-4-7-11(17)18)16-13(19)12-14(2,3)8-5-9-15-12/h10,12,15H,4-9H2,1-3H3,(H,16,19)(H,17,18). The van der Waals surface area contributed by atoms with Gasteiger partial charge in [-0.15, -0.1) is 0 Å². The molecule has 1 fully saturated rings. The van der Waals surface area contributed by atoms with Crippen LogP contribution in [-0.2, 0) is 9.59 Å². The number of rotatable bonds is 6. The molecule has 1 aliphatic rings. The van der Waals surface area contributed by atoms with E-state index in [2.05, 4.69) is 24.5 Å². The molecule has 1 rings (SSSR count). The molecular weight excluding hydrogens is 244 g/mol. The summed E-state index contributed by atoms with van der Waals surface area (Å²) in [6, 6.07) is -0.130. The number of carboxylic acid groups (broad SMARTS) is 1. The summed E-state index contributed by atoms with van der Waals surface area (Å²) < 4.78 is 0. The Morgan fingerprint density at radius 1 is 1.47 bits per heavy atom. The van der Waals surface area contributed by atoms with Crippen molar-refractivity contribution in [1.82, 2.24) is 10.6 Å². The summed E-state index contributed by atoms with van der Waals surface area (Å²) in [7, 11) is 0. The first-order valence-corrected chi connectivity index (χ1v) is 7.08. The van der Waals surface area contributed by atoms with Crippen molar-refractivity contribution in [3.05, 3.63) is 0 Å². The number of carboxylic acids is 1. The number of aliphatic carboxylic acids is 1. The Morgan fingerprint density at radius 3 is 2.74 bits per heavy atom. The maximum atomic E-state index is 12.2. The predicted octanol–water partition coefficient (Wildman–Crippen LogP) is 1.52. The molecule has 0 saturated carbocycles. The Kier molecular flexibility index (Phi) is 5.79. The lowest BCUT2D eigenvalue weighted by molar-refractivity contribution is -0.137. The highest BCUT2D eigenvalue weighted by atomic mass is 16.4. The minimum Gasteiger partial charge on any atom is -0.481 e. The van der Waals surface area contributed by atoms with Gasteiger partial charge in [0.2, 0.25) is 5.91 Å². The van der Waals surface area contributed by atoms with Gasteiger partial charge in [-0.1, -0.05) is 13.8 Å². The van der Waals surface area contributed by atoms with E-state index in [0.29, 0.717) is 12.8 Å². The molecule has 5 nitrogen and oxygen atoms in total. The lowest BCUT2D eigenvalue weighted by Crippen LogP contribution is -2.56. The molecule has 1 amide bonds. The summed E-state index contributed by atoms with van der Waals surface area (Å²) in [4.78, 5) is 22.7. The van der Waals surface area contributed by atoms with Gasteiger partial charge in [0.05, 0.1) is 6.04 Å². The van der Waals surface area contributed by atoms with Crippen LogP contribution in [0.1, 0.15) is 52.9 Å². The van der Waals surface area contributed by atoms with Crippen LogP contribution in [0.15, 0.2) is 0 Å². The molecule has 0 spiro atoms. The van der Waals surface area contributed by atoms with Crippen LogP contribution in [-0.4, -0.2) is 35.6 Å². The first kappa shape index (κ1) is 16.0. The van der Waals surface area contributed by atoms with Gasteiger partial charge in [0.25, 0.3) is 0 Å². The van der Waals surface area contributed by atoms with Crippen LogP contribution < -0.4 is 10.6 Å². The second-order valence-electron chi connectivity index (χ2n) is 6.17. The molecule has 0 aromatic heterocycles. The van der Waals surface area contributed by atoms with E-state index in [9.17, 15) is 9.59 Å². The molecule has 19 heavy (non-hydrogen) atoms. The zero-order valence-corrected chi connectivity index (χ0v) is 12.2. The van der Waals surface area contributed by atoms with E-state index in [-0.39, 0.29) is 29.8 Å². The largest absolute Gasteiger partial charge is 0.481 e. The van der Waals surface area contributed by atoms with E-state index >= 15 is 0 Å². The Balaban J connectivity index is 2.38. The topological polar surface area (TPSA) is 78.4 Å². The maximum Gasteiger partial charge on any atom is 0.303 e. The van der Waals surface area contributed by atoms with Crippen LogP contribution >= 0.6 is 0 Å². The molecule has 1 saturated heterocycles. The van der Waals surface area contributed by atoms with E-state index in [0.717, 1.165) is 19.4 Å². The van der Waals surface area contributed by atoms with Gasteiger partial charge in [0, 0.05) is 12.5 Å². The van der Waals surface area contributed by atoms with Crippen LogP contribution in [0.2, 0.25) is 0 Å². The van der Waals surface area contributed by atoms with Crippen molar-refractivity contribution in [2.45, 2.75) is 65.0 Å². The average Bonchev–Trinajstić information content (AvgIpc) is 2.27. The molecule has 5 heteroatoms. The van der Waals surface area contributed by atoms with Gasteiger partial charge < -0.3 is 15.7 Å². The number of amides is 1. The molecule has 2 atom stereocenters. The zero-order chi connectivity index (χ0) is 14.5. The van der Waals surface area contributed by atoms with Gasteiger partial charge >= 0.3 is 5.97 Å². The molecule has 0 bridgehead atoms. The third-order valence-corrected chi connectivity index (χ3v) is 3.81. The summed E-state index contributed by atoms with van der Waals surface area (Å²) in [6.07, 6.45) is 3.60. The smallest absolute Gasteiger partial charge is 0.303 e. The molecule has 2 unspecified atom stereocenters. The molecule has 110 valence electrons. The lowest BCUT2D eigenvalue weighted by Gasteiger charge is -2.38. The third-order valence-electron chi connectivity index (χ3n) is 3.81. The van der Waals surface area contributed by atoms with E-state index in [1.54, 1.807) is 0 Å². The van der Waals surface area contributed by atoms with Crippen molar-refractivity contribution in [2.75, 3.05) is 6.54 Å². The lowest BCUT2D eigenvalue weighted by atomic mass is 9.77. The number of nitrogens with one attached hydrogen (secondary N) is 2. The highest BCUT2D eigenvalue weighted by Crippen LogP contribution is 2.30. The van der Waals surface area contributed by atoms with Crippen molar-refractivity contribution in [3.8, 4) is 0 Å². The zero-order valence-electron chi connectivity index (χ0n) is 12.2. The van der Waals surface area contributed by atoms with Gasteiger partial charge in [0.1, 0.15) is 0 Å². The van der Waals surface area contributed by atoms with E-state index in [1.807, 2.05) is 6.92 Å². The summed E-state index contributed by atoms with van der Waals surface area (Å²) in [6.45, 7) is 7.03. The first-order chi connectivity index (χ1) is 8.83. The molecule has 1 heterocycles. The van der Waals surface area contributed by atoms with Crippen molar-refractivity contribution in [2.24, 2.45) is 5.41 Å². The fourth-order valence-corrected chi connectivity index (χ4v) is 2.62. The molecule has 3 N–H and O–H groups in total. The third kappa shape index (κ3) is 5.19. The maximum absolute atomic E-state index is 12.2. The number of carbonyl (C=O) groups is 2. The highest BCUT2D eigenvalue weighted by molar-refractivity contribution is 5.83. The Labute approximate surface area is 115 Å². The van der Waals surface area contributed by atoms with Crippen molar-refractivity contribution >= 4 is 11.9 Å². The highest BCUT2D eigenvalue weighted by Gasteiger charge is 2.37. The minimum atomic E-state index is -0.784. The molecule has 1 aliphatic heterocycles. The van der Waals surface area contributed by atoms with Crippen LogP contribution in [0.3, 0.4) is 0 Å². The number of piperidine rings is 1. The van der Waals surface area contributed by atoms with Gasteiger partial charge in [-0.3, -0.25) is 9.59 Å². The van der Waals surface area contributed by atoms with Crippen LogP contribution in [0, 0.1) is 5.41 Å². The number of hydrogen-bond acceptors (Lipinski definition) is 3. The average molecular weight is 270 g/mol. The molecule has 0 aromatic carbocycles. The summed E-state index contributed by atoms with van der Waals surface area (Å²) in [5.41, 5.74) is -0.0247. The molecule has 0 radical (unpaired) electrons. The minimum absolute atomic E-state index is 0.0198. The second kappa shape index (κ2) is 6.89. The van der Waals surface area contributed by atoms with Crippen molar-refractivity contribution < 1.29 is 14.7 Å². The summed E-state index contributed by atoms with van der Waals surface area (Å²) in [5, 5.41) is 14.9. The fourth-order valence-electron chi connectivity index (χ4n) is 2.62. The van der Waals surface area contributed by atoms with Gasteiger partial charge in [-0.2, -0.15) is 0 Å². The molecule has 0 aliphatic carbocycles. The van der Waals surface area contributed by atoms with Crippen LogP contribution in [0.5, 0.6) is 0 Å². The first-order valence-electron chi connectivity index (χ1n) is 7.08. The second-order valence-corrected chi connectivity index (χ2v) is 6.17. The number of hydrogen-bond donors (Lipinski definition) is 3. The van der Waals surface area contributed by atoms with Gasteiger partial charge in [0.15, 0.2) is 0 Å². The van der Waals surface area contributed by atoms with Crippen LogP contribution in [0.4, 0.5) is 0 Å². The molecular formula is C14H26N2O3. The van der Waals surface area contributed by atoms with Gasteiger partial charge in [-0.05, 0) is 44.6 Å². The Morgan fingerprint density at radius 2 is 2.16 bits per heavy atom. The summed E-state index contributed by atoms with van der Waals surface area (Å²) >= 11 is 0.